The van der Waals surface area contributed by atoms with Crippen LogP contribution in [0.1, 0.15) is 42.3 Å². The van der Waals surface area contributed by atoms with Gasteiger partial charge in [-0.2, -0.15) is 0 Å². The topological polar surface area (TPSA) is 94.4 Å². The number of thioether (sulfide) groups is 1. The largest absolute Gasteiger partial charge is 0.506 e. The van der Waals surface area contributed by atoms with Crippen LogP contribution in [0.2, 0.25) is 0 Å². The van der Waals surface area contributed by atoms with Gasteiger partial charge in [-0.1, -0.05) is 45.9 Å². The number of halogens is 1. The Labute approximate surface area is 217 Å². The molecule has 1 aliphatic rings. The molecule has 0 saturated heterocycles. The molecule has 1 heterocycles. The molecule has 0 unspecified atom stereocenters. The summed E-state index contributed by atoms with van der Waals surface area (Å²) in [6.07, 6.45) is 1.68. The van der Waals surface area contributed by atoms with E-state index in [0.29, 0.717) is 45.2 Å². The van der Waals surface area contributed by atoms with Crippen molar-refractivity contribution in [3.05, 3.63) is 73.8 Å². The van der Waals surface area contributed by atoms with Gasteiger partial charge < -0.3 is 19.3 Å². The molecule has 35 heavy (non-hydrogen) atoms. The van der Waals surface area contributed by atoms with E-state index in [4.69, 9.17) is 14.2 Å². The predicted octanol–water partition coefficient (Wildman–Crippen LogP) is 6.26. The van der Waals surface area contributed by atoms with Gasteiger partial charge >= 0.3 is 5.97 Å². The van der Waals surface area contributed by atoms with E-state index in [1.165, 1.54) is 0 Å². The Morgan fingerprint density at radius 1 is 1.06 bits per heavy atom. The highest BCUT2D eigenvalue weighted by molar-refractivity contribution is 9.10. The predicted molar refractivity (Wildman–Crippen MR) is 141 cm³/mol. The molecule has 1 N–H and O–H groups in total. The minimum atomic E-state index is -0.752. The van der Waals surface area contributed by atoms with Crippen molar-refractivity contribution in [2.45, 2.75) is 27.7 Å². The van der Waals surface area contributed by atoms with E-state index in [1.807, 2.05) is 19.9 Å². The first-order valence-corrected chi connectivity index (χ1v) is 12.7. The van der Waals surface area contributed by atoms with Crippen molar-refractivity contribution in [1.29, 1.82) is 0 Å². The van der Waals surface area contributed by atoms with Crippen LogP contribution in [-0.4, -0.2) is 41.8 Å². The van der Waals surface area contributed by atoms with Crippen LogP contribution < -0.4 is 9.47 Å². The van der Waals surface area contributed by atoms with E-state index in [2.05, 4.69) is 20.9 Å². The molecule has 0 atom stereocenters. The fourth-order valence-electron chi connectivity index (χ4n) is 3.30. The maximum Gasteiger partial charge on any atom is 0.344 e. The highest BCUT2D eigenvalue weighted by Crippen LogP contribution is 2.42. The molecule has 0 bridgehead atoms. The second kappa shape index (κ2) is 12.1. The molecule has 0 saturated carbocycles. The molecular weight excluding hydrogens is 534 g/mol. The van der Waals surface area contributed by atoms with Crippen LogP contribution in [0.25, 0.3) is 6.08 Å². The van der Waals surface area contributed by atoms with Gasteiger partial charge in [-0.25, -0.2) is 9.79 Å². The van der Waals surface area contributed by atoms with Gasteiger partial charge in [-0.15, -0.1) is 0 Å². The van der Waals surface area contributed by atoms with E-state index in [0.717, 1.165) is 17.3 Å². The van der Waals surface area contributed by atoms with Crippen LogP contribution in [0.15, 0.2) is 62.1 Å². The molecule has 2 aromatic rings. The lowest BCUT2D eigenvalue weighted by Gasteiger charge is -2.13. The number of hydrogen-bond acceptors (Lipinski definition) is 7. The van der Waals surface area contributed by atoms with Crippen LogP contribution in [0.3, 0.4) is 0 Å². The number of nitrogens with zero attached hydrogens (tertiary/aromatic N) is 1. The third kappa shape index (κ3) is 6.15. The Bertz CT molecular complexity index is 1230. The third-order valence-corrected chi connectivity index (χ3v) is 6.60. The molecule has 2 aromatic carbocycles. The van der Waals surface area contributed by atoms with Crippen LogP contribution in [-0.2, 0) is 9.53 Å². The lowest BCUT2D eigenvalue weighted by atomic mass is 10.1. The number of benzene rings is 2. The number of carbonyl (C=O) groups is 2. The summed E-state index contributed by atoms with van der Waals surface area (Å²) in [6, 6.07) is 10.6. The zero-order valence-electron chi connectivity index (χ0n) is 19.9. The van der Waals surface area contributed by atoms with Gasteiger partial charge in [-0.05, 0) is 63.1 Å². The normalized spacial score (nSPS) is 15.6. The maximum absolute atomic E-state index is 12.9. The molecule has 0 radical (unpaired) electrons. The molecular formula is C26H26BrNO6S. The molecule has 1 amide bonds. The van der Waals surface area contributed by atoms with Crippen molar-refractivity contribution in [3.8, 4) is 11.5 Å². The number of rotatable bonds is 8. The first kappa shape index (κ1) is 26.6. The first-order chi connectivity index (χ1) is 16.8. The number of ether oxygens (including phenoxy) is 3. The standard InChI is InChI=1S/C26H26BrNO6S/c1-5-32-19-12-16(18(27)14-20(19)33-6-2)13-21-23(29)22(26(31)34-7-3)25(35-21)28-24(30)17-11-9-8-10-15(17)4/h8-14,29H,5-7H2,1-4H3/b21-13-,28-25?. The highest BCUT2D eigenvalue weighted by atomic mass is 79.9. The Morgan fingerprint density at radius 3 is 2.34 bits per heavy atom. The van der Waals surface area contributed by atoms with Crippen LogP contribution in [0, 0.1) is 6.92 Å². The number of esters is 1. The van der Waals surface area contributed by atoms with Gasteiger partial charge in [0.25, 0.3) is 5.91 Å². The summed E-state index contributed by atoms with van der Waals surface area (Å²) in [5.41, 5.74) is 1.71. The average Bonchev–Trinajstić information content (AvgIpc) is 3.11. The van der Waals surface area contributed by atoms with Crippen LogP contribution in [0.4, 0.5) is 0 Å². The minimum absolute atomic E-state index is 0.0764. The summed E-state index contributed by atoms with van der Waals surface area (Å²) in [4.78, 5) is 30.0. The first-order valence-electron chi connectivity index (χ1n) is 11.1. The van der Waals surface area contributed by atoms with Gasteiger partial charge in [0.1, 0.15) is 16.4 Å². The molecule has 0 fully saturated rings. The fraction of sp³-hybridized carbons (Fsp3) is 0.269. The number of amides is 1. The van der Waals surface area contributed by atoms with Crippen molar-refractivity contribution >= 4 is 50.7 Å². The minimum Gasteiger partial charge on any atom is -0.506 e. The molecule has 0 aromatic heterocycles. The second-order valence-corrected chi connectivity index (χ2v) is 9.16. The number of aliphatic hydroxyl groups is 1. The quantitative estimate of drug-likeness (QED) is 0.381. The van der Waals surface area contributed by atoms with Gasteiger partial charge in [0, 0.05) is 10.0 Å². The lowest BCUT2D eigenvalue weighted by Crippen LogP contribution is -2.14. The molecule has 9 heteroatoms. The van der Waals surface area contributed by atoms with Crippen LogP contribution >= 0.6 is 27.7 Å². The number of aryl methyl sites for hydroxylation is 1. The monoisotopic (exact) mass is 559 g/mol. The van der Waals surface area contributed by atoms with Crippen molar-refractivity contribution in [2.24, 2.45) is 4.99 Å². The van der Waals surface area contributed by atoms with Gasteiger partial charge in [0.15, 0.2) is 11.5 Å². The number of aliphatic imine (C=N–C) groups is 1. The zero-order valence-corrected chi connectivity index (χ0v) is 22.3. The molecule has 0 spiro atoms. The van der Waals surface area contributed by atoms with E-state index < -0.39 is 11.9 Å². The van der Waals surface area contributed by atoms with Crippen molar-refractivity contribution in [1.82, 2.24) is 0 Å². The van der Waals surface area contributed by atoms with Crippen molar-refractivity contribution in [2.75, 3.05) is 19.8 Å². The Kier molecular flexibility index (Phi) is 9.17. The summed E-state index contributed by atoms with van der Waals surface area (Å²) < 4.78 is 17.2. The SMILES string of the molecule is CCOC(=O)C1=C(O)/C(=C/c2cc(OCC)c(OCC)cc2Br)SC1=NC(=O)c1ccccc1C. The molecule has 1 aliphatic heterocycles. The summed E-state index contributed by atoms with van der Waals surface area (Å²) >= 11 is 4.55. The summed E-state index contributed by atoms with van der Waals surface area (Å²) in [7, 11) is 0. The van der Waals surface area contributed by atoms with E-state index in [1.54, 1.807) is 50.3 Å². The summed E-state index contributed by atoms with van der Waals surface area (Å²) in [6.45, 7) is 8.26. The Morgan fingerprint density at radius 2 is 1.71 bits per heavy atom. The smallest absolute Gasteiger partial charge is 0.344 e. The summed E-state index contributed by atoms with van der Waals surface area (Å²) in [5.74, 6) is -0.436. The Balaban J connectivity index is 2.07. The van der Waals surface area contributed by atoms with Gasteiger partial charge in [0.05, 0.1) is 24.7 Å². The average molecular weight is 560 g/mol. The third-order valence-electron chi connectivity index (χ3n) is 4.90. The molecule has 7 nitrogen and oxygen atoms in total. The molecule has 3 rings (SSSR count). The van der Waals surface area contributed by atoms with Crippen molar-refractivity contribution < 1.29 is 28.9 Å². The molecule has 184 valence electrons. The highest BCUT2D eigenvalue weighted by Gasteiger charge is 2.34. The van der Waals surface area contributed by atoms with Crippen LogP contribution in [0.5, 0.6) is 11.5 Å². The fourth-order valence-corrected chi connectivity index (χ4v) is 4.74. The van der Waals surface area contributed by atoms with Crippen molar-refractivity contribution in [3.63, 3.8) is 0 Å². The van der Waals surface area contributed by atoms with E-state index >= 15 is 0 Å². The number of hydrogen-bond donors (Lipinski definition) is 1. The van der Waals surface area contributed by atoms with E-state index in [9.17, 15) is 14.7 Å². The Hall–Kier alpha value is -3.04. The number of aliphatic hydroxyl groups excluding tert-OH is 1. The maximum atomic E-state index is 12.9. The molecule has 0 aliphatic carbocycles. The number of carbonyl (C=O) groups excluding carboxylic acids is 2. The zero-order chi connectivity index (χ0) is 25.5. The lowest BCUT2D eigenvalue weighted by molar-refractivity contribution is -0.138. The van der Waals surface area contributed by atoms with Gasteiger partial charge in [0.2, 0.25) is 0 Å². The van der Waals surface area contributed by atoms with E-state index in [-0.39, 0.29) is 23.0 Å². The van der Waals surface area contributed by atoms with Gasteiger partial charge in [-0.3, -0.25) is 4.79 Å². The summed E-state index contributed by atoms with van der Waals surface area (Å²) in [5, 5.41) is 11.0. The second-order valence-electron chi connectivity index (χ2n) is 7.28.